The molecule has 3 rings (SSSR count). The van der Waals surface area contributed by atoms with Gasteiger partial charge in [0.1, 0.15) is 0 Å². The predicted octanol–water partition coefficient (Wildman–Crippen LogP) is 2.32. The average molecular weight is 244 g/mol. The smallest absolute Gasteiger partial charge is 0.293 e. The maximum Gasteiger partial charge on any atom is 0.331 e. The molecule has 0 radical (unpaired) electrons. The van der Waals surface area contributed by atoms with Gasteiger partial charge in [0.05, 0.1) is 0 Å². The van der Waals surface area contributed by atoms with E-state index in [1.54, 1.807) is 4.90 Å². The summed E-state index contributed by atoms with van der Waals surface area (Å²) in [4.78, 5) is 27.4. The van der Waals surface area contributed by atoms with E-state index in [1.165, 1.54) is 4.90 Å². The molecule has 1 aromatic carbocycles. The zero-order chi connectivity index (χ0) is 12.7. The van der Waals surface area contributed by atoms with Gasteiger partial charge in [-0.25, -0.2) is 4.79 Å². The first-order valence-electron chi connectivity index (χ1n) is 6.37. The van der Waals surface area contributed by atoms with Crippen LogP contribution in [0.25, 0.3) is 0 Å². The second kappa shape index (κ2) is 4.12. The number of carbonyl (C=O) groups is 2. The van der Waals surface area contributed by atoms with Crippen LogP contribution in [-0.2, 0) is 4.79 Å². The van der Waals surface area contributed by atoms with Gasteiger partial charge in [-0.3, -0.25) is 14.6 Å². The lowest BCUT2D eigenvalue weighted by Gasteiger charge is -2.35. The van der Waals surface area contributed by atoms with Crippen LogP contribution in [0.2, 0.25) is 0 Å². The van der Waals surface area contributed by atoms with Crippen molar-refractivity contribution in [1.29, 1.82) is 0 Å². The number of benzene rings is 1. The Morgan fingerprint density at radius 3 is 2.56 bits per heavy atom. The lowest BCUT2D eigenvalue weighted by atomic mass is 10.1. The van der Waals surface area contributed by atoms with Crippen molar-refractivity contribution < 1.29 is 9.59 Å². The molecule has 0 bridgehead atoms. The number of carbonyl (C=O) groups excluding carboxylic acids is 2. The molecular formula is C14H16N2O2. The normalized spacial score (nSPS) is 20.5. The Hall–Kier alpha value is -1.84. The van der Waals surface area contributed by atoms with E-state index < -0.39 is 0 Å². The Bertz CT molecular complexity index is 508. The predicted molar refractivity (Wildman–Crippen MR) is 68.4 cm³/mol. The van der Waals surface area contributed by atoms with Crippen LogP contribution < -0.4 is 4.90 Å². The SMILES string of the molecule is Cc1ccccc1N1CCC(=O)N(C2CC2)C1=O. The van der Waals surface area contributed by atoms with E-state index in [-0.39, 0.29) is 18.0 Å². The van der Waals surface area contributed by atoms with E-state index in [1.807, 2.05) is 31.2 Å². The highest BCUT2D eigenvalue weighted by molar-refractivity contribution is 6.06. The molecule has 3 amide bonds. The summed E-state index contributed by atoms with van der Waals surface area (Å²) in [5.74, 6) is -0.0210. The summed E-state index contributed by atoms with van der Waals surface area (Å²) in [6.07, 6.45) is 2.34. The molecule has 0 atom stereocenters. The monoisotopic (exact) mass is 244 g/mol. The molecule has 1 aliphatic heterocycles. The van der Waals surface area contributed by atoms with E-state index >= 15 is 0 Å². The van der Waals surface area contributed by atoms with Gasteiger partial charge >= 0.3 is 6.03 Å². The number of nitrogens with zero attached hydrogens (tertiary/aromatic N) is 2. The van der Waals surface area contributed by atoms with Gasteiger partial charge < -0.3 is 0 Å². The maximum absolute atomic E-state index is 12.4. The van der Waals surface area contributed by atoms with Gasteiger partial charge in [-0.15, -0.1) is 0 Å². The summed E-state index contributed by atoms with van der Waals surface area (Å²) in [6, 6.07) is 7.80. The number of hydrogen-bond donors (Lipinski definition) is 0. The van der Waals surface area contributed by atoms with E-state index in [9.17, 15) is 9.59 Å². The second-order valence-electron chi connectivity index (χ2n) is 4.97. The van der Waals surface area contributed by atoms with Crippen LogP contribution in [0.4, 0.5) is 10.5 Å². The van der Waals surface area contributed by atoms with Gasteiger partial charge in [-0.1, -0.05) is 18.2 Å². The number of amides is 3. The Labute approximate surface area is 106 Å². The number of anilines is 1. The van der Waals surface area contributed by atoms with Crippen molar-refractivity contribution >= 4 is 17.6 Å². The minimum atomic E-state index is -0.150. The molecule has 0 aromatic heterocycles. The van der Waals surface area contributed by atoms with Crippen molar-refractivity contribution in [3.05, 3.63) is 29.8 Å². The largest absolute Gasteiger partial charge is 0.331 e. The number of para-hydroxylation sites is 1. The molecule has 1 heterocycles. The van der Waals surface area contributed by atoms with Gasteiger partial charge in [0.2, 0.25) is 5.91 Å². The fraction of sp³-hybridized carbons (Fsp3) is 0.429. The van der Waals surface area contributed by atoms with E-state index in [4.69, 9.17) is 0 Å². The summed E-state index contributed by atoms with van der Waals surface area (Å²) in [7, 11) is 0. The van der Waals surface area contributed by atoms with Gasteiger partial charge in [0.25, 0.3) is 0 Å². The highest BCUT2D eigenvalue weighted by Crippen LogP contribution is 2.32. The van der Waals surface area contributed by atoms with Gasteiger partial charge in [-0.05, 0) is 31.4 Å². The first kappa shape index (κ1) is 11.3. The molecule has 0 spiro atoms. The molecular weight excluding hydrogens is 228 g/mol. The first-order chi connectivity index (χ1) is 8.68. The Kier molecular flexibility index (Phi) is 2.58. The molecule has 0 unspecified atom stereocenters. The summed E-state index contributed by atoms with van der Waals surface area (Å²) < 4.78 is 0. The standard InChI is InChI=1S/C14H16N2O2/c1-10-4-2-3-5-12(10)15-9-8-13(17)16(14(15)18)11-6-7-11/h2-5,11H,6-9H2,1H3. The lowest BCUT2D eigenvalue weighted by Crippen LogP contribution is -2.53. The highest BCUT2D eigenvalue weighted by Gasteiger charge is 2.42. The molecule has 2 aliphatic rings. The zero-order valence-corrected chi connectivity index (χ0v) is 10.4. The topological polar surface area (TPSA) is 40.6 Å². The third-order valence-corrected chi connectivity index (χ3v) is 3.57. The van der Waals surface area contributed by atoms with E-state index in [2.05, 4.69) is 0 Å². The molecule has 4 heteroatoms. The van der Waals surface area contributed by atoms with Crippen molar-refractivity contribution in [3.8, 4) is 0 Å². The molecule has 1 aromatic rings. The molecule has 4 nitrogen and oxygen atoms in total. The molecule has 0 N–H and O–H groups in total. The Morgan fingerprint density at radius 2 is 1.89 bits per heavy atom. The quantitative estimate of drug-likeness (QED) is 0.801. The minimum absolute atomic E-state index is 0.0210. The fourth-order valence-corrected chi connectivity index (χ4v) is 2.44. The third-order valence-electron chi connectivity index (χ3n) is 3.57. The number of hydrogen-bond acceptors (Lipinski definition) is 2. The van der Waals surface area contributed by atoms with Crippen LogP contribution in [0.15, 0.2) is 24.3 Å². The van der Waals surface area contributed by atoms with Crippen molar-refractivity contribution in [3.63, 3.8) is 0 Å². The summed E-state index contributed by atoms with van der Waals surface area (Å²) in [5.41, 5.74) is 1.98. The molecule has 1 saturated heterocycles. The van der Waals surface area contributed by atoms with Crippen LogP contribution in [0, 0.1) is 6.92 Å². The third kappa shape index (κ3) is 1.78. The molecule has 1 aliphatic carbocycles. The van der Waals surface area contributed by atoms with Gasteiger partial charge in [0, 0.05) is 24.7 Å². The highest BCUT2D eigenvalue weighted by atomic mass is 16.2. The maximum atomic E-state index is 12.4. The number of urea groups is 1. The summed E-state index contributed by atoms with van der Waals surface area (Å²) in [5, 5.41) is 0. The Balaban J connectivity index is 1.91. The van der Waals surface area contributed by atoms with Crippen molar-refractivity contribution in [2.24, 2.45) is 0 Å². The summed E-state index contributed by atoms with van der Waals surface area (Å²) in [6.45, 7) is 2.48. The minimum Gasteiger partial charge on any atom is -0.293 e. The van der Waals surface area contributed by atoms with Crippen LogP contribution in [0.1, 0.15) is 24.8 Å². The van der Waals surface area contributed by atoms with Crippen molar-refractivity contribution in [2.75, 3.05) is 11.4 Å². The fourth-order valence-electron chi connectivity index (χ4n) is 2.44. The number of rotatable bonds is 2. The first-order valence-corrected chi connectivity index (χ1v) is 6.37. The van der Waals surface area contributed by atoms with Crippen molar-refractivity contribution in [1.82, 2.24) is 4.90 Å². The molecule has 2 fully saturated rings. The zero-order valence-electron chi connectivity index (χ0n) is 10.4. The van der Waals surface area contributed by atoms with E-state index in [0.717, 1.165) is 24.1 Å². The molecule has 94 valence electrons. The van der Waals surface area contributed by atoms with Crippen LogP contribution in [-0.4, -0.2) is 29.4 Å². The average Bonchev–Trinajstić information content (AvgIpc) is 3.15. The van der Waals surface area contributed by atoms with E-state index in [0.29, 0.717) is 13.0 Å². The van der Waals surface area contributed by atoms with Crippen LogP contribution >= 0.6 is 0 Å². The van der Waals surface area contributed by atoms with Crippen LogP contribution in [0.5, 0.6) is 0 Å². The summed E-state index contributed by atoms with van der Waals surface area (Å²) >= 11 is 0. The van der Waals surface area contributed by atoms with Gasteiger partial charge in [0.15, 0.2) is 0 Å². The van der Waals surface area contributed by atoms with Crippen LogP contribution in [0.3, 0.4) is 0 Å². The number of imide groups is 1. The van der Waals surface area contributed by atoms with Crippen molar-refractivity contribution in [2.45, 2.75) is 32.2 Å². The second-order valence-corrected chi connectivity index (χ2v) is 4.97. The number of aryl methyl sites for hydroxylation is 1. The Morgan fingerprint density at radius 1 is 1.17 bits per heavy atom. The van der Waals surface area contributed by atoms with Gasteiger partial charge in [-0.2, -0.15) is 0 Å². The molecule has 18 heavy (non-hydrogen) atoms. The lowest BCUT2D eigenvalue weighted by molar-refractivity contribution is -0.129. The molecule has 1 saturated carbocycles.